The minimum Gasteiger partial charge on any atom is -0.444 e. The van der Waals surface area contributed by atoms with Crippen molar-refractivity contribution in [1.82, 2.24) is 20.0 Å². The summed E-state index contributed by atoms with van der Waals surface area (Å²) in [6.07, 6.45) is 1.35. The molecule has 11 nitrogen and oxygen atoms in total. The molecule has 0 saturated carbocycles. The summed E-state index contributed by atoms with van der Waals surface area (Å²) >= 11 is 0. The van der Waals surface area contributed by atoms with Crippen LogP contribution in [0.4, 0.5) is 14.9 Å². The molecule has 3 fully saturated rings. The molecule has 12 heteroatoms. The topological polar surface area (TPSA) is 120 Å². The first-order valence-corrected chi connectivity index (χ1v) is 13.9. The van der Waals surface area contributed by atoms with Crippen LogP contribution >= 0.6 is 0 Å². The number of ether oxygens (including phenoxy) is 1. The van der Waals surface area contributed by atoms with Crippen molar-refractivity contribution in [2.45, 2.75) is 58.1 Å². The monoisotopic (exact) mass is 557 g/mol. The molecule has 0 aliphatic carbocycles. The van der Waals surface area contributed by atoms with Crippen molar-refractivity contribution >= 4 is 35.4 Å². The molecule has 4 aliphatic heterocycles. The third-order valence-corrected chi connectivity index (χ3v) is 8.00. The molecule has 4 heterocycles. The lowest BCUT2D eigenvalue weighted by Gasteiger charge is -2.39. The number of piperazine rings is 1. The Balaban J connectivity index is 1.20. The fraction of sp³-hybridized carbons (Fsp3) is 0.607. The number of fused-ring (bicyclic) bond motifs is 1. The molecule has 3 saturated heterocycles. The molecule has 5 rings (SSSR count). The number of nitrogens with one attached hydrogen (secondary N) is 1. The first kappa shape index (κ1) is 28.0. The van der Waals surface area contributed by atoms with Gasteiger partial charge >= 0.3 is 6.09 Å². The van der Waals surface area contributed by atoms with E-state index in [1.54, 1.807) is 4.90 Å². The molecule has 40 heavy (non-hydrogen) atoms. The maximum absolute atomic E-state index is 15.2. The standard InChI is InChI=1S/C28H36FN5O6/c1-28(2,3)40-27(39)33-14-12-31(13-15-33)16-17-8-10-32(11-9-17)23-19(29)5-4-18-22(23)26(38)34(25(18)37)20-6-7-21(35)30-24(20)36/h4-5,17,20H,6-16H2,1-3H3,(H,30,35,36). The van der Waals surface area contributed by atoms with Crippen molar-refractivity contribution in [1.29, 1.82) is 0 Å². The molecular weight excluding hydrogens is 521 g/mol. The highest BCUT2D eigenvalue weighted by molar-refractivity contribution is 6.25. The molecule has 0 radical (unpaired) electrons. The summed E-state index contributed by atoms with van der Waals surface area (Å²) in [6, 6.07) is 1.40. The number of hydrogen-bond acceptors (Lipinski definition) is 8. The SMILES string of the molecule is CC(C)(C)OC(=O)N1CCN(CC2CCN(c3c(F)ccc4c3C(=O)N(C3CCC(=O)NC3=O)C4=O)CC2)CC1. The first-order valence-electron chi connectivity index (χ1n) is 13.9. The van der Waals surface area contributed by atoms with E-state index < -0.39 is 41.1 Å². The van der Waals surface area contributed by atoms with Crippen molar-refractivity contribution < 1.29 is 33.1 Å². The van der Waals surface area contributed by atoms with E-state index in [0.717, 1.165) is 37.4 Å². The zero-order valence-corrected chi connectivity index (χ0v) is 23.2. The van der Waals surface area contributed by atoms with E-state index in [4.69, 9.17) is 4.74 Å². The fourth-order valence-corrected chi connectivity index (χ4v) is 5.97. The third-order valence-electron chi connectivity index (χ3n) is 8.00. The molecule has 0 spiro atoms. The number of benzene rings is 1. The zero-order valence-electron chi connectivity index (χ0n) is 23.2. The van der Waals surface area contributed by atoms with Gasteiger partial charge in [-0.15, -0.1) is 0 Å². The van der Waals surface area contributed by atoms with Gasteiger partial charge in [0.25, 0.3) is 11.8 Å². The van der Waals surface area contributed by atoms with Crippen molar-refractivity contribution in [2.75, 3.05) is 50.7 Å². The summed E-state index contributed by atoms with van der Waals surface area (Å²) in [4.78, 5) is 69.6. The number of nitrogens with zero attached hydrogens (tertiary/aromatic N) is 4. The second-order valence-electron chi connectivity index (χ2n) is 12.0. The summed E-state index contributed by atoms with van der Waals surface area (Å²) < 4.78 is 20.7. The van der Waals surface area contributed by atoms with Crippen molar-refractivity contribution in [3.05, 3.63) is 29.1 Å². The van der Waals surface area contributed by atoms with Gasteiger partial charge in [0, 0.05) is 52.2 Å². The van der Waals surface area contributed by atoms with Crippen LogP contribution in [-0.4, -0.2) is 102 Å². The van der Waals surface area contributed by atoms with Crippen LogP contribution in [0.3, 0.4) is 0 Å². The Kier molecular flexibility index (Phi) is 7.56. The molecule has 1 unspecified atom stereocenters. The van der Waals surface area contributed by atoms with Gasteiger partial charge in [-0.05, 0) is 58.1 Å². The second-order valence-corrected chi connectivity index (χ2v) is 12.0. The number of imide groups is 2. The molecule has 1 aromatic carbocycles. The van der Waals surface area contributed by atoms with Gasteiger partial charge in [0.15, 0.2) is 0 Å². The van der Waals surface area contributed by atoms with Gasteiger partial charge in [-0.25, -0.2) is 9.18 Å². The highest BCUT2D eigenvalue weighted by Gasteiger charge is 2.47. The van der Waals surface area contributed by atoms with E-state index in [9.17, 15) is 24.0 Å². The summed E-state index contributed by atoms with van der Waals surface area (Å²) in [5.74, 6) is -2.69. The summed E-state index contributed by atoms with van der Waals surface area (Å²) in [5.41, 5.74) is -0.348. The number of hydrogen-bond donors (Lipinski definition) is 1. The van der Waals surface area contributed by atoms with E-state index in [0.29, 0.717) is 32.1 Å². The Morgan fingerprint density at radius 3 is 2.27 bits per heavy atom. The Hall–Kier alpha value is -3.54. The van der Waals surface area contributed by atoms with Gasteiger partial charge in [-0.3, -0.25) is 34.3 Å². The van der Waals surface area contributed by atoms with E-state index in [1.165, 1.54) is 12.1 Å². The van der Waals surface area contributed by atoms with Crippen LogP contribution in [0.15, 0.2) is 12.1 Å². The number of carbonyl (C=O) groups is 5. The maximum Gasteiger partial charge on any atom is 0.410 e. The predicted octanol–water partition coefficient (Wildman–Crippen LogP) is 2.00. The lowest BCUT2D eigenvalue weighted by Crippen LogP contribution is -2.54. The number of halogens is 1. The summed E-state index contributed by atoms with van der Waals surface area (Å²) in [6.45, 7) is 10.2. The number of carbonyl (C=O) groups excluding carboxylic acids is 5. The number of amides is 5. The minimum absolute atomic E-state index is 0.00795. The van der Waals surface area contributed by atoms with Gasteiger partial charge in [-0.1, -0.05) is 0 Å². The highest BCUT2D eigenvalue weighted by Crippen LogP contribution is 2.37. The lowest BCUT2D eigenvalue weighted by atomic mass is 9.94. The Labute approximate surface area is 232 Å². The van der Waals surface area contributed by atoms with Gasteiger partial charge < -0.3 is 14.5 Å². The molecule has 0 bridgehead atoms. The molecule has 1 N–H and O–H groups in total. The van der Waals surface area contributed by atoms with Crippen LogP contribution in [0, 0.1) is 11.7 Å². The maximum atomic E-state index is 15.2. The van der Waals surface area contributed by atoms with Crippen molar-refractivity contribution in [2.24, 2.45) is 5.92 Å². The van der Waals surface area contributed by atoms with Crippen molar-refractivity contribution in [3.8, 4) is 0 Å². The largest absolute Gasteiger partial charge is 0.444 e. The van der Waals surface area contributed by atoms with E-state index in [-0.39, 0.29) is 35.7 Å². The van der Waals surface area contributed by atoms with Crippen molar-refractivity contribution in [3.63, 3.8) is 0 Å². The van der Waals surface area contributed by atoms with Crippen LogP contribution in [0.5, 0.6) is 0 Å². The smallest absolute Gasteiger partial charge is 0.410 e. The quantitative estimate of drug-likeness (QED) is 0.559. The van der Waals surface area contributed by atoms with E-state index in [2.05, 4.69) is 10.2 Å². The highest BCUT2D eigenvalue weighted by atomic mass is 19.1. The second kappa shape index (κ2) is 10.8. The van der Waals surface area contributed by atoms with Gasteiger partial charge in [-0.2, -0.15) is 0 Å². The molecule has 1 atom stereocenters. The summed E-state index contributed by atoms with van der Waals surface area (Å²) in [5, 5.41) is 2.18. The molecular formula is C28H36FN5O6. The van der Waals surface area contributed by atoms with E-state index >= 15 is 4.39 Å². The third kappa shape index (κ3) is 5.54. The molecule has 216 valence electrons. The average molecular weight is 558 g/mol. The van der Waals surface area contributed by atoms with Crippen LogP contribution in [0.1, 0.15) is 67.2 Å². The first-order chi connectivity index (χ1) is 18.9. The van der Waals surface area contributed by atoms with Gasteiger partial charge in [0.1, 0.15) is 17.5 Å². The number of rotatable bonds is 4. The van der Waals surface area contributed by atoms with Crippen LogP contribution < -0.4 is 10.2 Å². The summed E-state index contributed by atoms with van der Waals surface area (Å²) in [7, 11) is 0. The Bertz CT molecular complexity index is 1230. The number of anilines is 1. The van der Waals surface area contributed by atoms with Crippen LogP contribution in [0.2, 0.25) is 0 Å². The molecule has 0 aromatic heterocycles. The van der Waals surface area contributed by atoms with Gasteiger partial charge in [0.05, 0.1) is 16.8 Å². The lowest BCUT2D eigenvalue weighted by molar-refractivity contribution is -0.136. The number of piperidine rings is 2. The molecule has 5 amide bonds. The van der Waals surface area contributed by atoms with Crippen LogP contribution in [-0.2, 0) is 14.3 Å². The van der Waals surface area contributed by atoms with Gasteiger partial charge in [0.2, 0.25) is 11.8 Å². The minimum atomic E-state index is -1.09. The predicted molar refractivity (Wildman–Crippen MR) is 142 cm³/mol. The Morgan fingerprint density at radius 1 is 0.975 bits per heavy atom. The Morgan fingerprint density at radius 2 is 1.65 bits per heavy atom. The molecule has 4 aliphatic rings. The van der Waals surface area contributed by atoms with Crippen LogP contribution in [0.25, 0.3) is 0 Å². The zero-order chi connectivity index (χ0) is 28.8. The molecule has 1 aromatic rings. The average Bonchev–Trinajstić information content (AvgIpc) is 3.14. The normalized spacial score (nSPS) is 23.0. The fourth-order valence-electron chi connectivity index (χ4n) is 5.97. The van der Waals surface area contributed by atoms with E-state index in [1.807, 2.05) is 25.7 Å².